The van der Waals surface area contributed by atoms with Crippen LogP contribution in [0.25, 0.3) is 0 Å². The molecule has 0 saturated carbocycles. The molecule has 0 bridgehead atoms. The van der Waals surface area contributed by atoms with E-state index in [-0.39, 0.29) is 43.1 Å². The average Bonchev–Trinajstić information content (AvgIpc) is 3.72. The van der Waals surface area contributed by atoms with Crippen LogP contribution in [0.3, 0.4) is 0 Å². The number of β-lactam (4-membered cyclic amide) rings is 1. The standard InChI is InChI=1S/C34H29N7O12S/c1-35-34(17-36-32(47)39(34)19-42)33(31(46)53-16-21-9-13-24(14-10-21)41(50)51)18-38-28(44)26(29(38)54-33)37-27(43)25(22-5-3-2-4-6-22)30(45)52-15-20-7-11-23(12-8-20)40(48)49/h2-14,19,25-26,29H,1,15-18H2,(H,36,47)(H,37,43)/t25?,26-,29-,33+,34?/m1/s1. The molecular weight excluding hydrogens is 730 g/mol. The van der Waals surface area contributed by atoms with Crippen LogP contribution in [0.1, 0.15) is 22.6 Å². The smallest absolute Gasteiger partial charge is 0.329 e. The van der Waals surface area contributed by atoms with Crippen molar-refractivity contribution in [2.75, 3.05) is 13.1 Å². The predicted molar refractivity (Wildman–Crippen MR) is 186 cm³/mol. The first-order valence-electron chi connectivity index (χ1n) is 16.0. The van der Waals surface area contributed by atoms with E-state index < -0.39 is 73.9 Å². The summed E-state index contributed by atoms with van der Waals surface area (Å²) in [7, 11) is 0. The lowest BCUT2D eigenvalue weighted by molar-refractivity contribution is -0.385. The molecule has 20 heteroatoms. The van der Waals surface area contributed by atoms with E-state index >= 15 is 0 Å². The maximum absolute atomic E-state index is 14.2. The third kappa shape index (κ3) is 6.46. The number of imide groups is 1. The first-order valence-corrected chi connectivity index (χ1v) is 16.9. The summed E-state index contributed by atoms with van der Waals surface area (Å²) >= 11 is 0.816. The molecule has 3 aromatic rings. The summed E-state index contributed by atoms with van der Waals surface area (Å²) in [4.78, 5) is 107. The number of carbonyl (C=O) groups excluding carboxylic acids is 6. The van der Waals surface area contributed by atoms with E-state index in [2.05, 4.69) is 22.3 Å². The van der Waals surface area contributed by atoms with E-state index in [0.29, 0.717) is 16.0 Å². The molecule has 19 nitrogen and oxygen atoms in total. The van der Waals surface area contributed by atoms with E-state index in [0.717, 1.165) is 11.8 Å². The molecule has 2 unspecified atom stereocenters. The highest BCUT2D eigenvalue weighted by Gasteiger charge is 2.74. The van der Waals surface area contributed by atoms with Crippen LogP contribution >= 0.6 is 11.8 Å². The molecule has 6 rings (SSSR count). The maximum atomic E-state index is 14.2. The number of non-ortho nitro benzene ring substituents is 2. The van der Waals surface area contributed by atoms with Gasteiger partial charge in [0.15, 0.2) is 16.3 Å². The fraction of sp³-hybridized carbons (Fsp3) is 0.265. The number of aliphatic imine (C=N–C) groups is 1. The van der Waals surface area contributed by atoms with E-state index in [1.807, 2.05) is 0 Å². The van der Waals surface area contributed by atoms with Gasteiger partial charge in [0.05, 0.1) is 22.9 Å². The molecule has 54 heavy (non-hydrogen) atoms. The Labute approximate surface area is 309 Å². The number of amides is 5. The zero-order valence-corrected chi connectivity index (χ0v) is 28.7. The summed E-state index contributed by atoms with van der Waals surface area (Å²) < 4.78 is 9.10. The Morgan fingerprint density at radius 2 is 1.54 bits per heavy atom. The quantitative estimate of drug-likeness (QED) is 0.0453. The molecule has 3 aliphatic rings. The van der Waals surface area contributed by atoms with Gasteiger partial charge in [-0.15, -0.1) is 11.8 Å². The molecule has 3 aliphatic heterocycles. The van der Waals surface area contributed by atoms with Crippen molar-refractivity contribution in [2.45, 2.75) is 41.0 Å². The zero-order valence-electron chi connectivity index (χ0n) is 27.9. The topological polar surface area (TPSA) is 250 Å². The molecule has 2 N–H and O–H groups in total. The number of ether oxygens (including phenoxy) is 2. The molecule has 5 atom stereocenters. The summed E-state index contributed by atoms with van der Waals surface area (Å²) in [6.07, 6.45) is 0.173. The molecule has 3 heterocycles. The number of benzene rings is 3. The Morgan fingerprint density at radius 3 is 2.07 bits per heavy atom. The van der Waals surface area contributed by atoms with Crippen molar-refractivity contribution < 1.29 is 48.1 Å². The molecule has 3 aromatic carbocycles. The highest BCUT2D eigenvalue weighted by Crippen LogP contribution is 2.55. The minimum absolute atomic E-state index is 0.165. The summed E-state index contributed by atoms with van der Waals surface area (Å²) in [6.45, 7) is 2.06. The SMILES string of the molecule is C=NC1([C@@]2(C(=O)OCc3ccc([N+](=O)[O-])cc3)CN3C(=O)[C@@H](NC(=O)C(C(=O)OCc4ccc([N+](=O)[O-])cc4)c4ccccc4)[C@H]3S2)CNC(=O)N1C=O. The Hall–Kier alpha value is -6.70. The van der Waals surface area contributed by atoms with Crippen molar-refractivity contribution in [2.24, 2.45) is 4.99 Å². The highest BCUT2D eigenvalue weighted by atomic mass is 32.2. The normalized spacial score (nSPS) is 23.3. The second-order valence-electron chi connectivity index (χ2n) is 12.3. The van der Waals surface area contributed by atoms with Crippen LogP contribution in [-0.4, -0.2) is 97.5 Å². The number of nitrogens with one attached hydrogen (secondary N) is 2. The first kappa shape index (κ1) is 37.1. The predicted octanol–water partition coefficient (Wildman–Crippen LogP) is 1.79. The molecule has 0 aromatic heterocycles. The van der Waals surface area contributed by atoms with Gasteiger partial charge in [-0.25, -0.2) is 9.69 Å². The molecule has 3 fully saturated rings. The minimum atomic E-state index is -2.00. The van der Waals surface area contributed by atoms with Gasteiger partial charge in [0.25, 0.3) is 11.4 Å². The summed E-state index contributed by atoms with van der Waals surface area (Å²) in [5.41, 5.74) is -1.33. The molecule has 0 spiro atoms. The van der Waals surface area contributed by atoms with Gasteiger partial charge >= 0.3 is 18.0 Å². The fourth-order valence-corrected chi connectivity index (χ4v) is 8.24. The van der Waals surface area contributed by atoms with E-state index in [1.165, 1.54) is 65.6 Å². The van der Waals surface area contributed by atoms with Crippen molar-refractivity contribution in [1.29, 1.82) is 0 Å². The second kappa shape index (κ2) is 14.7. The van der Waals surface area contributed by atoms with Gasteiger partial charge in [0, 0.05) is 24.3 Å². The Balaban J connectivity index is 1.24. The van der Waals surface area contributed by atoms with Crippen LogP contribution in [0.4, 0.5) is 16.2 Å². The number of thioether (sulfide) groups is 1. The second-order valence-corrected chi connectivity index (χ2v) is 13.7. The van der Waals surface area contributed by atoms with E-state index in [4.69, 9.17) is 9.47 Å². The average molecular weight is 760 g/mol. The molecular formula is C34H29N7O12S. The number of esters is 2. The van der Waals surface area contributed by atoms with Gasteiger partial charge in [0.1, 0.15) is 24.6 Å². The number of carbonyl (C=O) groups is 6. The fourth-order valence-electron chi connectivity index (χ4n) is 6.41. The lowest BCUT2D eigenvalue weighted by Gasteiger charge is -2.42. The zero-order chi connectivity index (χ0) is 38.8. The maximum Gasteiger partial charge on any atom is 0.329 e. The van der Waals surface area contributed by atoms with Crippen molar-refractivity contribution >= 4 is 66.0 Å². The third-order valence-corrected chi connectivity index (χ3v) is 11.1. The number of fused-ring (bicyclic) bond motifs is 1. The molecule has 0 radical (unpaired) electrons. The van der Waals surface area contributed by atoms with Crippen molar-refractivity contribution in [1.82, 2.24) is 20.4 Å². The van der Waals surface area contributed by atoms with E-state index in [1.54, 1.807) is 18.2 Å². The molecule has 0 aliphatic carbocycles. The van der Waals surface area contributed by atoms with Crippen LogP contribution in [-0.2, 0) is 46.7 Å². The number of urea groups is 1. The van der Waals surface area contributed by atoms with E-state index in [9.17, 15) is 49.0 Å². The number of nitrogens with zero attached hydrogens (tertiary/aromatic N) is 5. The lowest BCUT2D eigenvalue weighted by atomic mass is 9.89. The van der Waals surface area contributed by atoms with Gasteiger partial charge in [-0.1, -0.05) is 30.3 Å². The number of hydrogen-bond donors (Lipinski definition) is 2. The van der Waals surface area contributed by atoms with Crippen LogP contribution < -0.4 is 10.6 Å². The summed E-state index contributed by atoms with van der Waals surface area (Å²) in [5, 5.41) is 26.2. The van der Waals surface area contributed by atoms with Crippen molar-refractivity contribution in [3.63, 3.8) is 0 Å². The Bertz CT molecular complexity index is 2050. The first-order chi connectivity index (χ1) is 25.9. The molecule has 3 saturated heterocycles. The number of hydrogen-bond acceptors (Lipinski definition) is 14. The van der Waals surface area contributed by atoms with Crippen molar-refractivity contribution in [3.8, 4) is 0 Å². The van der Waals surface area contributed by atoms with Gasteiger partial charge in [-0.3, -0.25) is 49.2 Å². The van der Waals surface area contributed by atoms with Gasteiger partial charge in [-0.05, 0) is 47.7 Å². The summed E-state index contributed by atoms with van der Waals surface area (Å²) in [6, 6.07) is 16.2. The minimum Gasteiger partial charge on any atom is -0.460 e. The van der Waals surface area contributed by atoms with Gasteiger partial charge in [0.2, 0.25) is 18.2 Å². The van der Waals surface area contributed by atoms with Gasteiger partial charge in [-0.2, -0.15) is 0 Å². The van der Waals surface area contributed by atoms with Crippen LogP contribution in [0.15, 0.2) is 83.9 Å². The van der Waals surface area contributed by atoms with Crippen LogP contribution in [0, 0.1) is 20.2 Å². The summed E-state index contributed by atoms with van der Waals surface area (Å²) in [5.74, 6) is -5.08. The number of nitro benzene ring substituents is 2. The number of nitro groups is 2. The van der Waals surface area contributed by atoms with Crippen LogP contribution in [0.5, 0.6) is 0 Å². The van der Waals surface area contributed by atoms with Crippen molar-refractivity contribution in [3.05, 3.63) is 116 Å². The number of rotatable bonds is 14. The van der Waals surface area contributed by atoms with Gasteiger partial charge < -0.3 is 25.0 Å². The lowest BCUT2D eigenvalue weighted by Crippen LogP contribution is -2.69. The van der Waals surface area contributed by atoms with Crippen LogP contribution in [0.2, 0.25) is 0 Å². The third-order valence-electron chi connectivity index (χ3n) is 9.28. The largest absolute Gasteiger partial charge is 0.460 e. The monoisotopic (exact) mass is 759 g/mol. The Kier molecular flexibility index (Phi) is 10.1. The Morgan fingerprint density at radius 1 is 0.963 bits per heavy atom. The molecule has 278 valence electrons. The molecule has 5 amide bonds. The highest BCUT2D eigenvalue weighted by molar-refractivity contribution is 8.02.